The van der Waals surface area contributed by atoms with Gasteiger partial charge in [0.2, 0.25) is 5.91 Å². The van der Waals surface area contributed by atoms with Gasteiger partial charge in [0.1, 0.15) is 12.3 Å². The van der Waals surface area contributed by atoms with Gasteiger partial charge in [-0.15, -0.1) is 0 Å². The third-order valence-corrected chi connectivity index (χ3v) is 7.34. The Balaban J connectivity index is 1.66. The predicted octanol–water partition coefficient (Wildman–Crippen LogP) is 5.85. The molecule has 0 atom stereocenters. The van der Waals surface area contributed by atoms with E-state index in [2.05, 4.69) is 5.32 Å². The second-order valence-electron chi connectivity index (χ2n) is 7.63. The van der Waals surface area contributed by atoms with Gasteiger partial charge < -0.3 is 10.1 Å². The third kappa shape index (κ3) is 5.65. The van der Waals surface area contributed by atoms with Crippen molar-refractivity contribution in [1.82, 2.24) is 0 Å². The van der Waals surface area contributed by atoms with E-state index >= 15 is 0 Å². The van der Waals surface area contributed by atoms with E-state index in [-0.39, 0.29) is 10.6 Å². The quantitative estimate of drug-likeness (QED) is 0.325. The van der Waals surface area contributed by atoms with Crippen molar-refractivity contribution in [3.8, 4) is 16.9 Å². The number of carbonyl (C=O) groups is 1. The number of benzene rings is 4. The van der Waals surface area contributed by atoms with Crippen molar-refractivity contribution < 1.29 is 17.9 Å². The van der Waals surface area contributed by atoms with Crippen LogP contribution in [0.1, 0.15) is 0 Å². The molecule has 178 valence electrons. The molecule has 1 amide bonds. The van der Waals surface area contributed by atoms with Crippen molar-refractivity contribution in [2.45, 2.75) is 4.90 Å². The van der Waals surface area contributed by atoms with Gasteiger partial charge in [0.15, 0.2) is 0 Å². The first kappa shape index (κ1) is 24.3. The van der Waals surface area contributed by atoms with Crippen LogP contribution in [0.15, 0.2) is 108 Å². The van der Waals surface area contributed by atoms with E-state index in [0.717, 1.165) is 15.4 Å². The fourth-order valence-electron chi connectivity index (χ4n) is 3.60. The number of amides is 1. The number of para-hydroxylation sites is 1. The topological polar surface area (TPSA) is 75.7 Å². The van der Waals surface area contributed by atoms with Gasteiger partial charge in [0.25, 0.3) is 10.0 Å². The maximum Gasteiger partial charge on any atom is 0.264 e. The number of carbonyl (C=O) groups excluding carboxylic acids is 1. The van der Waals surface area contributed by atoms with Crippen LogP contribution in [0.5, 0.6) is 5.75 Å². The molecule has 0 saturated heterocycles. The minimum absolute atomic E-state index is 0.0239. The van der Waals surface area contributed by atoms with E-state index in [9.17, 15) is 13.2 Å². The number of hydrogen-bond donors (Lipinski definition) is 1. The summed E-state index contributed by atoms with van der Waals surface area (Å²) in [6, 6.07) is 29.4. The van der Waals surface area contributed by atoms with Crippen LogP contribution in [0.4, 0.5) is 11.4 Å². The lowest BCUT2D eigenvalue weighted by Gasteiger charge is -2.24. The first-order valence-electron chi connectivity index (χ1n) is 10.7. The highest BCUT2D eigenvalue weighted by Crippen LogP contribution is 2.29. The zero-order valence-electron chi connectivity index (χ0n) is 18.9. The molecule has 6 nitrogen and oxygen atoms in total. The Labute approximate surface area is 209 Å². The summed E-state index contributed by atoms with van der Waals surface area (Å²) >= 11 is 6.14. The lowest BCUT2D eigenvalue weighted by molar-refractivity contribution is -0.114. The average Bonchev–Trinajstić information content (AvgIpc) is 2.88. The Kier molecular flexibility index (Phi) is 7.39. The molecule has 35 heavy (non-hydrogen) atoms. The molecule has 0 radical (unpaired) electrons. The van der Waals surface area contributed by atoms with E-state index < -0.39 is 22.5 Å². The molecule has 1 N–H and O–H groups in total. The molecule has 4 aromatic carbocycles. The van der Waals surface area contributed by atoms with Gasteiger partial charge >= 0.3 is 0 Å². The standard InChI is InChI=1S/C27H23ClN2O4S/c1-34-23-14-16-24(17-15-23)35(32,33)30(22-11-7-10-21(28)18-22)19-27(31)29-26-13-6-5-12-25(26)20-8-3-2-4-9-20/h2-18H,19H2,1H3,(H,29,31). The zero-order valence-corrected chi connectivity index (χ0v) is 20.5. The van der Waals surface area contributed by atoms with Crippen LogP contribution in [0.3, 0.4) is 0 Å². The first-order chi connectivity index (χ1) is 16.9. The lowest BCUT2D eigenvalue weighted by atomic mass is 10.0. The molecule has 0 saturated carbocycles. The van der Waals surface area contributed by atoms with Crippen molar-refractivity contribution in [2.24, 2.45) is 0 Å². The molecule has 8 heteroatoms. The third-order valence-electron chi connectivity index (χ3n) is 5.32. The summed E-state index contributed by atoms with van der Waals surface area (Å²) in [5.41, 5.74) is 2.62. The van der Waals surface area contributed by atoms with E-state index in [1.165, 1.54) is 25.3 Å². The molecule has 0 aliphatic rings. The molecule has 4 rings (SSSR count). The maximum atomic E-state index is 13.6. The lowest BCUT2D eigenvalue weighted by Crippen LogP contribution is -2.38. The van der Waals surface area contributed by atoms with Crippen LogP contribution in [-0.4, -0.2) is 28.0 Å². The van der Waals surface area contributed by atoms with Gasteiger partial charge in [0, 0.05) is 16.3 Å². The highest BCUT2D eigenvalue weighted by Gasteiger charge is 2.28. The van der Waals surface area contributed by atoms with Crippen LogP contribution < -0.4 is 14.4 Å². The van der Waals surface area contributed by atoms with Crippen LogP contribution in [0.25, 0.3) is 11.1 Å². The number of nitrogens with zero attached hydrogens (tertiary/aromatic N) is 1. The molecule has 0 aliphatic carbocycles. The van der Waals surface area contributed by atoms with Gasteiger partial charge in [0.05, 0.1) is 17.7 Å². The number of halogens is 1. The van der Waals surface area contributed by atoms with Gasteiger partial charge in [-0.05, 0) is 54.1 Å². The van der Waals surface area contributed by atoms with Crippen molar-refractivity contribution in [2.75, 3.05) is 23.3 Å². The second-order valence-corrected chi connectivity index (χ2v) is 9.93. The Morgan fingerprint density at radius 3 is 2.26 bits per heavy atom. The van der Waals surface area contributed by atoms with E-state index in [4.69, 9.17) is 16.3 Å². The predicted molar refractivity (Wildman–Crippen MR) is 139 cm³/mol. The summed E-state index contributed by atoms with van der Waals surface area (Å²) in [6.07, 6.45) is 0. The fraction of sp³-hybridized carbons (Fsp3) is 0.0741. The van der Waals surface area contributed by atoms with Crippen LogP contribution in [0, 0.1) is 0 Å². The van der Waals surface area contributed by atoms with Gasteiger partial charge in [-0.1, -0.05) is 66.2 Å². The molecule has 0 fully saturated rings. The Bertz CT molecular complexity index is 1430. The zero-order chi connectivity index (χ0) is 24.8. The van der Waals surface area contributed by atoms with Crippen LogP contribution in [0.2, 0.25) is 5.02 Å². The molecule has 0 aromatic heterocycles. The summed E-state index contributed by atoms with van der Waals surface area (Å²) in [7, 11) is -2.59. The van der Waals surface area contributed by atoms with Crippen molar-refractivity contribution in [3.63, 3.8) is 0 Å². The number of ether oxygens (including phenoxy) is 1. The number of rotatable bonds is 8. The van der Waals surface area contributed by atoms with Gasteiger partial charge in [-0.25, -0.2) is 8.42 Å². The Morgan fingerprint density at radius 1 is 0.886 bits per heavy atom. The smallest absolute Gasteiger partial charge is 0.264 e. The summed E-state index contributed by atoms with van der Waals surface area (Å²) < 4.78 is 33.3. The Morgan fingerprint density at radius 2 is 1.57 bits per heavy atom. The highest BCUT2D eigenvalue weighted by molar-refractivity contribution is 7.92. The maximum absolute atomic E-state index is 13.6. The van der Waals surface area contributed by atoms with Gasteiger partial charge in [-0.3, -0.25) is 9.10 Å². The fourth-order valence-corrected chi connectivity index (χ4v) is 5.20. The summed E-state index contributed by atoms with van der Waals surface area (Å²) in [5, 5.41) is 3.22. The number of methoxy groups -OCH3 is 1. The first-order valence-corrected chi connectivity index (χ1v) is 12.6. The molecular weight excluding hydrogens is 484 g/mol. The summed E-state index contributed by atoms with van der Waals surface area (Å²) in [5.74, 6) is 0.0268. The number of sulfonamides is 1. The highest BCUT2D eigenvalue weighted by atomic mass is 35.5. The Hall–Kier alpha value is -3.81. The largest absolute Gasteiger partial charge is 0.497 e. The van der Waals surface area contributed by atoms with Gasteiger partial charge in [-0.2, -0.15) is 0 Å². The minimum atomic E-state index is -4.09. The SMILES string of the molecule is COc1ccc(S(=O)(=O)N(CC(=O)Nc2ccccc2-c2ccccc2)c2cccc(Cl)c2)cc1. The molecule has 4 aromatic rings. The van der Waals surface area contributed by atoms with E-state index in [1.54, 1.807) is 36.4 Å². The molecular formula is C27H23ClN2O4S. The molecule has 0 aliphatic heterocycles. The van der Waals surface area contributed by atoms with Crippen molar-refractivity contribution in [3.05, 3.63) is 108 Å². The normalized spacial score (nSPS) is 11.0. The second kappa shape index (κ2) is 10.6. The van der Waals surface area contributed by atoms with Crippen molar-refractivity contribution in [1.29, 1.82) is 0 Å². The summed E-state index contributed by atoms with van der Waals surface area (Å²) in [6.45, 7) is -0.447. The number of anilines is 2. The molecule has 0 unspecified atom stereocenters. The molecule has 0 bridgehead atoms. The van der Waals surface area contributed by atoms with E-state index in [1.807, 2.05) is 48.5 Å². The number of nitrogens with one attached hydrogen (secondary N) is 1. The van der Waals surface area contributed by atoms with Crippen LogP contribution in [-0.2, 0) is 14.8 Å². The average molecular weight is 507 g/mol. The summed E-state index contributed by atoms with van der Waals surface area (Å²) in [4.78, 5) is 13.2. The monoisotopic (exact) mass is 506 g/mol. The van der Waals surface area contributed by atoms with Crippen molar-refractivity contribution >= 4 is 38.9 Å². The van der Waals surface area contributed by atoms with Crippen LogP contribution >= 0.6 is 11.6 Å². The number of hydrogen-bond acceptors (Lipinski definition) is 4. The van der Waals surface area contributed by atoms with E-state index in [0.29, 0.717) is 16.5 Å². The minimum Gasteiger partial charge on any atom is -0.497 e. The molecule has 0 spiro atoms. The molecule has 0 heterocycles.